The number of nitrogens with zero attached hydrogens (tertiary/aromatic N) is 4. The van der Waals surface area contributed by atoms with Crippen molar-refractivity contribution >= 4 is 11.7 Å². The van der Waals surface area contributed by atoms with Gasteiger partial charge in [-0.2, -0.15) is 18.3 Å². The van der Waals surface area contributed by atoms with Crippen LogP contribution in [-0.2, 0) is 12.7 Å². The maximum absolute atomic E-state index is 14.1. The number of aromatic nitrogens is 2. The molecule has 9 heteroatoms. The number of hydrogen-bond acceptors (Lipinski definition) is 3. The minimum atomic E-state index is -4.72. The van der Waals surface area contributed by atoms with E-state index in [1.54, 1.807) is 49.3 Å². The molecule has 5 nitrogen and oxygen atoms in total. The number of halogens is 4. The molecule has 3 rings (SSSR count). The minimum Gasteiger partial charge on any atom is -0.362 e. The van der Waals surface area contributed by atoms with Gasteiger partial charge in [-0.05, 0) is 42.3 Å². The molecule has 0 aliphatic heterocycles. The topological polar surface area (TPSA) is 41.4 Å². The van der Waals surface area contributed by atoms with Gasteiger partial charge < -0.3 is 9.80 Å². The van der Waals surface area contributed by atoms with Crippen LogP contribution in [-0.4, -0.2) is 41.2 Å². The average molecular weight is 462 g/mol. The maximum Gasteiger partial charge on any atom is 0.435 e. The molecule has 0 aliphatic rings. The Morgan fingerprint density at radius 2 is 1.64 bits per heavy atom. The third-order valence-electron chi connectivity index (χ3n) is 4.96. The normalized spacial score (nSPS) is 11.7. The van der Waals surface area contributed by atoms with E-state index in [9.17, 15) is 22.4 Å². The first kappa shape index (κ1) is 24.3. The zero-order valence-electron chi connectivity index (χ0n) is 18.9. The van der Waals surface area contributed by atoms with Crippen molar-refractivity contribution < 1.29 is 22.4 Å². The Morgan fingerprint density at radius 3 is 2.15 bits per heavy atom. The number of benzene rings is 2. The molecule has 1 aromatic heterocycles. The highest BCUT2D eigenvalue weighted by atomic mass is 19.4. The summed E-state index contributed by atoms with van der Waals surface area (Å²) in [6.07, 6.45) is -4.72. The lowest BCUT2D eigenvalue weighted by molar-refractivity contribution is -0.142. The molecule has 0 aliphatic carbocycles. The molecule has 3 aromatic rings. The summed E-state index contributed by atoms with van der Waals surface area (Å²) >= 11 is 0. The molecule has 0 bridgehead atoms. The average Bonchev–Trinajstić information content (AvgIpc) is 3.13. The van der Waals surface area contributed by atoms with Crippen LogP contribution in [0, 0.1) is 11.7 Å². The lowest BCUT2D eigenvalue weighted by atomic mass is 10.1. The van der Waals surface area contributed by atoms with Crippen molar-refractivity contribution in [2.45, 2.75) is 26.6 Å². The third-order valence-corrected chi connectivity index (χ3v) is 4.96. The highest BCUT2D eigenvalue weighted by Crippen LogP contribution is 2.38. The summed E-state index contributed by atoms with van der Waals surface area (Å²) in [5, 5.41) is 3.91. The zero-order valence-corrected chi connectivity index (χ0v) is 18.9. The molecule has 0 N–H and O–H groups in total. The first-order valence-corrected chi connectivity index (χ1v) is 10.5. The predicted octanol–water partition coefficient (Wildman–Crippen LogP) is 5.39. The van der Waals surface area contributed by atoms with E-state index >= 15 is 0 Å². The van der Waals surface area contributed by atoms with Gasteiger partial charge in [0.15, 0.2) is 5.69 Å². The van der Waals surface area contributed by atoms with E-state index in [2.05, 4.69) is 5.10 Å². The minimum absolute atomic E-state index is 0.00397. The van der Waals surface area contributed by atoms with Crippen molar-refractivity contribution in [2.24, 2.45) is 5.92 Å². The van der Waals surface area contributed by atoms with Crippen LogP contribution in [0.25, 0.3) is 5.69 Å². The lowest BCUT2D eigenvalue weighted by Crippen LogP contribution is -2.35. The van der Waals surface area contributed by atoms with Gasteiger partial charge in [0.25, 0.3) is 5.91 Å². The van der Waals surface area contributed by atoms with Gasteiger partial charge in [0.1, 0.15) is 11.6 Å². The maximum atomic E-state index is 14.1. The van der Waals surface area contributed by atoms with Crippen molar-refractivity contribution in [2.75, 3.05) is 25.5 Å². The number of anilines is 1. The van der Waals surface area contributed by atoms with Gasteiger partial charge >= 0.3 is 6.18 Å². The van der Waals surface area contributed by atoms with E-state index in [0.717, 1.165) is 12.1 Å². The van der Waals surface area contributed by atoms with Crippen molar-refractivity contribution in [1.82, 2.24) is 14.7 Å². The Bertz CT molecular complexity index is 1090. The van der Waals surface area contributed by atoms with Gasteiger partial charge in [0, 0.05) is 31.8 Å². The van der Waals surface area contributed by atoms with Crippen LogP contribution < -0.4 is 4.90 Å². The number of hydrogen-bond donors (Lipinski definition) is 0. The van der Waals surface area contributed by atoms with Crippen LogP contribution in [0.1, 0.15) is 35.5 Å². The van der Waals surface area contributed by atoms with Gasteiger partial charge in [-0.3, -0.25) is 4.79 Å². The van der Waals surface area contributed by atoms with Crippen LogP contribution in [0.4, 0.5) is 23.4 Å². The molecular weight excluding hydrogens is 436 g/mol. The second kappa shape index (κ2) is 9.64. The number of carbonyl (C=O) groups is 1. The summed E-state index contributed by atoms with van der Waals surface area (Å²) in [6.45, 7) is 3.66. The number of rotatable bonds is 7. The Balaban J connectivity index is 2.14. The third kappa shape index (κ3) is 5.53. The number of para-hydroxylation sites is 1. The fraction of sp³-hybridized carbons (Fsp3) is 0.333. The van der Waals surface area contributed by atoms with Crippen molar-refractivity contribution in [3.8, 4) is 5.69 Å². The summed E-state index contributed by atoms with van der Waals surface area (Å²) in [6, 6.07) is 13.5. The smallest absolute Gasteiger partial charge is 0.362 e. The summed E-state index contributed by atoms with van der Waals surface area (Å²) in [5.41, 5.74) is -0.478. The van der Waals surface area contributed by atoms with Crippen molar-refractivity contribution in [3.63, 3.8) is 0 Å². The molecule has 176 valence electrons. The van der Waals surface area contributed by atoms with E-state index in [1.165, 1.54) is 21.7 Å². The second-order valence-corrected chi connectivity index (χ2v) is 8.38. The van der Waals surface area contributed by atoms with E-state index in [-0.39, 0.29) is 36.0 Å². The van der Waals surface area contributed by atoms with E-state index < -0.39 is 23.6 Å². The molecule has 0 saturated heterocycles. The van der Waals surface area contributed by atoms with E-state index in [4.69, 9.17) is 0 Å². The van der Waals surface area contributed by atoms with Crippen LogP contribution in [0.5, 0.6) is 0 Å². The molecule has 0 unspecified atom stereocenters. The summed E-state index contributed by atoms with van der Waals surface area (Å²) < 4.78 is 56.8. The van der Waals surface area contributed by atoms with Gasteiger partial charge in [0.2, 0.25) is 0 Å². The van der Waals surface area contributed by atoms with Crippen LogP contribution in [0.3, 0.4) is 0 Å². The molecule has 1 amide bonds. The summed E-state index contributed by atoms with van der Waals surface area (Å²) in [5.74, 6) is -0.751. The van der Waals surface area contributed by atoms with Crippen LogP contribution in [0.2, 0.25) is 0 Å². The Kier molecular flexibility index (Phi) is 7.09. The highest BCUT2D eigenvalue weighted by molar-refractivity contribution is 5.94. The second-order valence-electron chi connectivity index (χ2n) is 8.38. The first-order chi connectivity index (χ1) is 15.5. The molecular formula is C24H26F4N4O. The summed E-state index contributed by atoms with van der Waals surface area (Å²) in [4.78, 5) is 16.1. The number of amides is 1. The standard InChI is InChI=1S/C24H26F4N4O/c1-16(2)14-31(23(33)17-10-12-18(25)13-11-17)15-20-21(24(26,27)28)29-32(22(20)30(3)4)19-8-6-5-7-9-19/h5-13,16H,14-15H2,1-4H3. The van der Waals surface area contributed by atoms with Crippen LogP contribution >= 0.6 is 0 Å². The predicted molar refractivity (Wildman–Crippen MR) is 119 cm³/mol. The van der Waals surface area contributed by atoms with Crippen molar-refractivity contribution in [1.29, 1.82) is 0 Å². The van der Waals surface area contributed by atoms with Gasteiger partial charge in [-0.15, -0.1) is 0 Å². The molecule has 0 atom stereocenters. The number of carbonyl (C=O) groups excluding carboxylic acids is 1. The monoisotopic (exact) mass is 462 g/mol. The van der Waals surface area contributed by atoms with Gasteiger partial charge in [-0.25, -0.2) is 9.07 Å². The molecule has 0 spiro atoms. The van der Waals surface area contributed by atoms with Crippen LogP contribution in [0.15, 0.2) is 54.6 Å². The van der Waals surface area contributed by atoms with E-state index in [0.29, 0.717) is 5.69 Å². The molecule has 0 saturated carbocycles. The first-order valence-electron chi connectivity index (χ1n) is 10.5. The molecule has 33 heavy (non-hydrogen) atoms. The van der Waals surface area contributed by atoms with Crippen molar-refractivity contribution in [3.05, 3.63) is 77.2 Å². The molecule has 0 fully saturated rings. The van der Waals surface area contributed by atoms with Gasteiger partial charge in [0.05, 0.1) is 12.2 Å². The summed E-state index contributed by atoms with van der Waals surface area (Å²) in [7, 11) is 3.27. The highest BCUT2D eigenvalue weighted by Gasteiger charge is 2.41. The SMILES string of the molecule is CC(C)CN(Cc1c(C(F)(F)F)nn(-c2ccccc2)c1N(C)C)C(=O)c1ccc(F)cc1. The lowest BCUT2D eigenvalue weighted by Gasteiger charge is -2.27. The Hall–Kier alpha value is -3.36. The van der Waals surface area contributed by atoms with E-state index in [1.807, 2.05) is 13.8 Å². The van der Waals surface area contributed by atoms with Gasteiger partial charge in [-0.1, -0.05) is 32.0 Å². The number of alkyl halides is 3. The molecule has 0 radical (unpaired) electrons. The molecule has 2 aromatic carbocycles. The fourth-order valence-electron chi connectivity index (χ4n) is 3.65. The quantitative estimate of drug-likeness (QED) is 0.442. The fourth-order valence-corrected chi connectivity index (χ4v) is 3.65. The largest absolute Gasteiger partial charge is 0.435 e. The zero-order chi connectivity index (χ0) is 24.3. The molecule has 1 heterocycles. The Labute approximate surface area is 190 Å². The Morgan fingerprint density at radius 1 is 1.03 bits per heavy atom.